The van der Waals surface area contributed by atoms with Crippen LogP contribution in [0, 0.1) is 0 Å². The lowest BCUT2D eigenvalue weighted by atomic mass is 10.2. The summed E-state index contributed by atoms with van der Waals surface area (Å²) in [5.74, 6) is 3.59. The Bertz CT molecular complexity index is 1370. The first-order valence-electron chi connectivity index (χ1n) is 12.5. The number of fused-ring (bicyclic) bond motifs is 1. The number of pyridine rings is 3. The Morgan fingerprint density at radius 1 is 1.08 bits per heavy atom. The van der Waals surface area contributed by atoms with E-state index in [-0.39, 0.29) is 6.04 Å². The first-order chi connectivity index (χ1) is 18.3. The van der Waals surface area contributed by atoms with E-state index in [4.69, 9.17) is 19.4 Å². The molecule has 2 aliphatic rings. The number of rotatable bonds is 7. The molecule has 4 aromatic rings. The van der Waals surface area contributed by atoms with Gasteiger partial charge in [0.25, 0.3) is 0 Å². The fourth-order valence-electron chi connectivity index (χ4n) is 4.64. The van der Waals surface area contributed by atoms with Gasteiger partial charge in [0, 0.05) is 37.4 Å². The molecule has 11 heteroatoms. The minimum Gasteiger partial charge on any atom is -0.494 e. The number of aromatic nitrogens is 5. The van der Waals surface area contributed by atoms with Crippen LogP contribution in [-0.2, 0) is 4.74 Å². The Balaban J connectivity index is 1.28. The standard InChI is InChI=1S/C26H29N9O2/c1-36-21-16-28-15-20-24(21)26(32-19-5-6-27-13-19)34-25(33-20)17-4-7-29-22(12-17)31-18-2-3-23(30-14-18)35-8-10-37-11-9-35/h2-4,7,12,14-16,19,27H,5-6,8-11,13H2,1H3,(H,29,31)(H,32,33,34). The van der Waals surface area contributed by atoms with Gasteiger partial charge in [-0.3, -0.25) is 4.98 Å². The highest BCUT2D eigenvalue weighted by Gasteiger charge is 2.20. The number of anilines is 4. The molecule has 1 atom stereocenters. The summed E-state index contributed by atoms with van der Waals surface area (Å²) in [5, 5.41) is 11.1. The van der Waals surface area contributed by atoms with Crippen molar-refractivity contribution < 1.29 is 9.47 Å². The minimum absolute atomic E-state index is 0.284. The third-order valence-electron chi connectivity index (χ3n) is 6.57. The number of morpholine rings is 1. The predicted octanol–water partition coefficient (Wildman–Crippen LogP) is 2.84. The van der Waals surface area contributed by atoms with Gasteiger partial charge in [0.05, 0.1) is 55.5 Å². The minimum atomic E-state index is 0.284. The van der Waals surface area contributed by atoms with Crippen molar-refractivity contribution in [2.75, 3.05) is 62.0 Å². The molecule has 190 valence electrons. The summed E-state index contributed by atoms with van der Waals surface area (Å²) in [6, 6.07) is 8.15. The van der Waals surface area contributed by atoms with E-state index >= 15 is 0 Å². The number of hydrogen-bond acceptors (Lipinski definition) is 11. The first kappa shape index (κ1) is 23.3. The summed E-state index contributed by atoms with van der Waals surface area (Å²) in [5.41, 5.74) is 2.41. The smallest absolute Gasteiger partial charge is 0.162 e. The predicted molar refractivity (Wildman–Crippen MR) is 143 cm³/mol. The van der Waals surface area contributed by atoms with E-state index in [1.54, 1.807) is 25.7 Å². The fraction of sp³-hybridized carbons (Fsp3) is 0.346. The van der Waals surface area contributed by atoms with Gasteiger partial charge in [-0.15, -0.1) is 0 Å². The molecule has 37 heavy (non-hydrogen) atoms. The molecule has 0 amide bonds. The molecule has 0 aromatic carbocycles. The molecular formula is C26H29N9O2. The molecule has 6 rings (SSSR count). The number of nitrogens with zero attached hydrogens (tertiary/aromatic N) is 6. The summed E-state index contributed by atoms with van der Waals surface area (Å²) in [7, 11) is 1.63. The van der Waals surface area contributed by atoms with Crippen molar-refractivity contribution in [1.29, 1.82) is 0 Å². The maximum Gasteiger partial charge on any atom is 0.162 e. The van der Waals surface area contributed by atoms with Crippen molar-refractivity contribution in [1.82, 2.24) is 30.2 Å². The van der Waals surface area contributed by atoms with Crippen molar-refractivity contribution in [3.63, 3.8) is 0 Å². The van der Waals surface area contributed by atoms with Crippen LogP contribution in [0.25, 0.3) is 22.3 Å². The van der Waals surface area contributed by atoms with Crippen LogP contribution in [0.1, 0.15) is 6.42 Å². The topological polar surface area (TPSA) is 122 Å². The third kappa shape index (κ3) is 5.09. The zero-order chi connectivity index (χ0) is 25.0. The van der Waals surface area contributed by atoms with E-state index in [0.717, 1.165) is 74.1 Å². The Morgan fingerprint density at radius 2 is 2.00 bits per heavy atom. The number of methoxy groups -OCH3 is 1. The van der Waals surface area contributed by atoms with E-state index in [2.05, 4.69) is 35.8 Å². The van der Waals surface area contributed by atoms with Gasteiger partial charge in [-0.2, -0.15) is 0 Å². The number of nitrogens with one attached hydrogen (secondary N) is 3. The van der Waals surface area contributed by atoms with E-state index in [0.29, 0.717) is 22.9 Å². The lowest BCUT2D eigenvalue weighted by Crippen LogP contribution is -2.36. The monoisotopic (exact) mass is 499 g/mol. The van der Waals surface area contributed by atoms with Gasteiger partial charge in [-0.05, 0) is 37.2 Å². The number of hydrogen-bond donors (Lipinski definition) is 3. The molecule has 0 aliphatic carbocycles. The first-order valence-corrected chi connectivity index (χ1v) is 12.5. The molecule has 2 saturated heterocycles. The molecule has 0 saturated carbocycles. The van der Waals surface area contributed by atoms with Crippen molar-refractivity contribution in [2.24, 2.45) is 0 Å². The molecule has 0 spiro atoms. The molecule has 11 nitrogen and oxygen atoms in total. The van der Waals surface area contributed by atoms with E-state index in [1.165, 1.54) is 0 Å². The van der Waals surface area contributed by atoms with Gasteiger partial charge in [0.15, 0.2) is 5.82 Å². The second kappa shape index (κ2) is 10.5. The zero-order valence-electron chi connectivity index (χ0n) is 20.6. The molecule has 0 radical (unpaired) electrons. The SMILES string of the molecule is COc1cncc2nc(-c3ccnc(Nc4ccc(N5CCOCC5)nc4)c3)nc(NC3CCNC3)c12. The van der Waals surface area contributed by atoms with Crippen LogP contribution in [0.3, 0.4) is 0 Å². The molecule has 2 aliphatic heterocycles. The fourth-order valence-corrected chi connectivity index (χ4v) is 4.64. The summed E-state index contributed by atoms with van der Waals surface area (Å²) in [4.78, 5) is 25.4. The van der Waals surface area contributed by atoms with Crippen molar-refractivity contribution in [2.45, 2.75) is 12.5 Å². The van der Waals surface area contributed by atoms with E-state index < -0.39 is 0 Å². The molecule has 2 fully saturated rings. The van der Waals surface area contributed by atoms with Crippen LogP contribution < -0.4 is 25.6 Å². The second-order valence-electron chi connectivity index (χ2n) is 9.03. The van der Waals surface area contributed by atoms with Gasteiger partial charge < -0.3 is 30.3 Å². The summed E-state index contributed by atoms with van der Waals surface area (Å²) < 4.78 is 11.0. The lowest BCUT2D eigenvalue weighted by Gasteiger charge is -2.27. The van der Waals surface area contributed by atoms with Gasteiger partial charge in [-0.1, -0.05) is 0 Å². The average Bonchev–Trinajstić information content (AvgIpc) is 3.47. The van der Waals surface area contributed by atoms with Gasteiger partial charge in [-0.25, -0.2) is 19.9 Å². The summed E-state index contributed by atoms with van der Waals surface area (Å²) in [6.07, 6.45) is 8.02. The van der Waals surface area contributed by atoms with Crippen LogP contribution in [-0.4, -0.2) is 77.5 Å². The van der Waals surface area contributed by atoms with E-state index in [9.17, 15) is 0 Å². The van der Waals surface area contributed by atoms with Crippen LogP contribution in [0.4, 0.5) is 23.1 Å². The van der Waals surface area contributed by atoms with Crippen LogP contribution >= 0.6 is 0 Å². The quantitative estimate of drug-likeness (QED) is 0.348. The zero-order valence-corrected chi connectivity index (χ0v) is 20.6. The molecule has 6 heterocycles. The van der Waals surface area contributed by atoms with Gasteiger partial charge in [0.1, 0.15) is 23.2 Å². The highest BCUT2D eigenvalue weighted by Crippen LogP contribution is 2.32. The normalized spacial score (nSPS) is 17.6. The van der Waals surface area contributed by atoms with E-state index in [1.807, 2.05) is 30.5 Å². The Hall–Kier alpha value is -4.09. The molecular weight excluding hydrogens is 470 g/mol. The second-order valence-corrected chi connectivity index (χ2v) is 9.03. The van der Waals surface area contributed by atoms with Crippen molar-refractivity contribution >= 4 is 34.0 Å². The Labute approximate surface area is 214 Å². The summed E-state index contributed by atoms with van der Waals surface area (Å²) in [6.45, 7) is 5.03. The highest BCUT2D eigenvalue weighted by atomic mass is 16.5. The molecule has 1 unspecified atom stereocenters. The highest BCUT2D eigenvalue weighted by molar-refractivity contribution is 5.95. The largest absolute Gasteiger partial charge is 0.494 e. The van der Waals surface area contributed by atoms with Gasteiger partial charge >= 0.3 is 0 Å². The molecule has 3 N–H and O–H groups in total. The van der Waals surface area contributed by atoms with Crippen molar-refractivity contribution in [3.8, 4) is 17.1 Å². The Kier molecular flexibility index (Phi) is 6.61. The van der Waals surface area contributed by atoms with Crippen LogP contribution in [0.2, 0.25) is 0 Å². The molecule has 4 aromatic heterocycles. The third-order valence-corrected chi connectivity index (χ3v) is 6.57. The van der Waals surface area contributed by atoms with Crippen LogP contribution in [0.15, 0.2) is 49.1 Å². The lowest BCUT2D eigenvalue weighted by molar-refractivity contribution is 0.122. The Morgan fingerprint density at radius 3 is 2.78 bits per heavy atom. The summed E-state index contributed by atoms with van der Waals surface area (Å²) >= 11 is 0. The maximum atomic E-state index is 5.58. The van der Waals surface area contributed by atoms with Crippen LogP contribution in [0.5, 0.6) is 5.75 Å². The number of ether oxygens (including phenoxy) is 2. The average molecular weight is 500 g/mol. The van der Waals surface area contributed by atoms with Crippen molar-refractivity contribution in [3.05, 3.63) is 49.1 Å². The van der Waals surface area contributed by atoms with Gasteiger partial charge in [0.2, 0.25) is 0 Å². The maximum absolute atomic E-state index is 5.58. The molecule has 0 bridgehead atoms.